The highest BCUT2D eigenvalue weighted by atomic mass is 35.5. The van der Waals surface area contributed by atoms with Gasteiger partial charge in [0.05, 0.1) is 0 Å². The van der Waals surface area contributed by atoms with Gasteiger partial charge in [-0.3, -0.25) is 5.10 Å². The lowest BCUT2D eigenvalue weighted by atomic mass is 10.2. The number of nitrogens with one attached hydrogen (secondary N) is 1. The SMILES string of the molecule is Cc1nc(SCc2ccccc2)n[nH]1.Cl. The summed E-state index contributed by atoms with van der Waals surface area (Å²) < 4.78 is 0. The lowest BCUT2D eigenvalue weighted by Crippen LogP contribution is -1.80. The smallest absolute Gasteiger partial charge is 0.208 e. The van der Waals surface area contributed by atoms with Crippen LogP contribution in [0.15, 0.2) is 35.5 Å². The van der Waals surface area contributed by atoms with Gasteiger partial charge in [-0.25, -0.2) is 4.98 Å². The maximum Gasteiger partial charge on any atom is 0.208 e. The van der Waals surface area contributed by atoms with E-state index in [1.807, 2.05) is 25.1 Å². The van der Waals surface area contributed by atoms with Crippen molar-refractivity contribution in [3.8, 4) is 0 Å². The summed E-state index contributed by atoms with van der Waals surface area (Å²) in [4.78, 5) is 4.22. The molecule has 0 aliphatic carbocycles. The van der Waals surface area contributed by atoms with Gasteiger partial charge in [-0.2, -0.15) is 0 Å². The average Bonchev–Trinajstić information content (AvgIpc) is 2.63. The molecular weight excluding hydrogens is 230 g/mol. The van der Waals surface area contributed by atoms with Gasteiger partial charge in [-0.1, -0.05) is 42.1 Å². The second-order valence-corrected chi connectivity index (χ2v) is 3.92. The topological polar surface area (TPSA) is 41.6 Å². The molecule has 2 aromatic rings. The van der Waals surface area contributed by atoms with Gasteiger partial charge in [0, 0.05) is 5.75 Å². The zero-order valence-electron chi connectivity index (χ0n) is 8.30. The lowest BCUT2D eigenvalue weighted by Gasteiger charge is -1.96. The van der Waals surface area contributed by atoms with Gasteiger partial charge in [-0.15, -0.1) is 17.5 Å². The Kier molecular flexibility index (Phi) is 4.65. The fraction of sp³-hybridized carbons (Fsp3) is 0.200. The van der Waals surface area contributed by atoms with Crippen LogP contribution in [0.2, 0.25) is 0 Å². The number of nitrogens with zero attached hydrogens (tertiary/aromatic N) is 2. The van der Waals surface area contributed by atoms with Crippen molar-refractivity contribution in [1.29, 1.82) is 0 Å². The van der Waals surface area contributed by atoms with Crippen LogP contribution in [0.3, 0.4) is 0 Å². The van der Waals surface area contributed by atoms with Crippen LogP contribution < -0.4 is 0 Å². The summed E-state index contributed by atoms with van der Waals surface area (Å²) in [5.41, 5.74) is 1.29. The van der Waals surface area contributed by atoms with Crippen LogP contribution in [0.5, 0.6) is 0 Å². The highest BCUT2D eigenvalue weighted by molar-refractivity contribution is 7.98. The van der Waals surface area contributed by atoms with Gasteiger partial charge < -0.3 is 0 Å². The van der Waals surface area contributed by atoms with E-state index in [4.69, 9.17) is 0 Å². The van der Waals surface area contributed by atoms with E-state index in [1.54, 1.807) is 11.8 Å². The molecule has 3 nitrogen and oxygen atoms in total. The summed E-state index contributed by atoms with van der Waals surface area (Å²) in [6.07, 6.45) is 0. The molecule has 0 aliphatic heterocycles. The summed E-state index contributed by atoms with van der Waals surface area (Å²) in [7, 11) is 0. The normalized spacial score (nSPS) is 9.67. The van der Waals surface area contributed by atoms with Gasteiger partial charge in [0.1, 0.15) is 5.82 Å². The first-order valence-electron chi connectivity index (χ1n) is 4.40. The number of rotatable bonds is 3. The van der Waals surface area contributed by atoms with Crippen molar-refractivity contribution < 1.29 is 0 Å². The summed E-state index contributed by atoms with van der Waals surface area (Å²) in [6, 6.07) is 10.3. The molecule has 0 radical (unpaired) electrons. The monoisotopic (exact) mass is 241 g/mol. The summed E-state index contributed by atoms with van der Waals surface area (Å²) in [6.45, 7) is 1.90. The molecular formula is C10H12ClN3S. The third kappa shape index (κ3) is 3.57. The Balaban J connectivity index is 0.00000112. The Morgan fingerprint density at radius 3 is 2.60 bits per heavy atom. The van der Waals surface area contributed by atoms with E-state index in [2.05, 4.69) is 27.3 Å². The lowest BCUT2D eigenvalue weighted by molar-refractivity contribution is 0.969. The Morgan fingerprint density at radius 1 is 1.27 bits per heavy atom. The highest BCUT2D eigenvalue weighted by Gasteiger charge is 2.00. The van der Waals surface area contributed by atoms with Crippen LogP contribution in [0.25, 0.3) is 0 Å². The summed E-state index contributed by atoms with van der Waals surface area (Å²) in [5.74, 6) is 1.78. The Hall–Kier alpha value is -1.00. The van der Waals surface area contributed by atoms with Gasteiger partial charge in [0.2, 0.25) is 5.16 Å². The molecule has 1 heterocycles. The highest BCUT2D eigenvalue weighted by Crippen LogP contribution is 2.18. The molecule has 1 N–H and O–H groups in total. The molecule has 15 heavy (non-hydrogen) atoms. The maximum atomic E-state index is 4.22. The molecule has 80 valence electrons. The molecule has 5 heteroatoms. The molecule has 0 aliphatic rings. The zero-order valence-corrected chi connectivity index (χ0v) is 9.94. The molecule has 0 saturated carbocycles. The van der Waals surface area contributed by atoms with E-state index in [-0.39, 0.29) is 12.4 Å². The fourth-order valence-electron chi connectivity index (χ4n) is 1.11. The number of hydrogen-bond donors (Lipinski definition) is 1. The predicted octanol–water partition coefficient (Wildman–Crippen LogP) is 2.83. The first-order chi connectivity index (χ1) is 6.84. The summed E-state index contributed by atoms with van der Waals surface area (Å²) in [5, 5.41) is 7.69. The minimum atomic E-state index is 0. The number of aryl methyl sites for hydroxylation is 1. The zero-order chi connectivity index (χ0) is 9.80. The van der Waals surface area contributed by atoms with Crippen LogP contribution in [0.4, 0.5) is 0 Å². The molecule has 0 atom stereocenters. The number of H-pyrrole nitrogens is 1. The Bertz CT molecular complexity index is 402. The number of hydrogen-bond acceptors (Lipinski definition) is 3. The molecule has 0 spiro atoms. The third-order valence-corrected chi connectivity index (χ3v) is 2.71. The van der Waals surface area contributed by atoms with Crippen LogP contribution in [0, 0.1) is 6.92 Å². The van der Waals surface area contributed by atoms with Crippen molar-refractivity contribution in [3.05, 3.63) is 41.7 Å². The van der Waals surface area contributed by atoms with Crippen LogP contribution in [-0.4, -0.2) is 15.2 Å². The van der Waals surface area contributed by atoms with E-state index in [9.17, 15) is 0 Å². The average molecular weight is 242 g/mol. The van der Waals surface area contributed by atoms with Crippen molar-refractivity contribution in [2.24, 2.45) is 0 Å². The number of halogens is 1. The van der Waals surface area contributed by atoms with Crippen molar-refractivity contribution >= 4 is 24.2 Å². The molecule has 0 amide bonds. The predicted molar refractivity (Wildman–Crippen MR) is 64.4 cm³/mol. The second-order valence-electron chi connectivity index (χ2n) is 2.98. The second kappa shape index (κ2) is 5.78. The van der Waals surface area contributed by atoms with E-state index >= 15 is 0 Å². The standard InChI is InChI=1S/C10H11N3S.ClH/c1-8-11-10(13-12-8)14-7-9-5-3-2-4-6-9;/h2-6H,7H2,1H3,(H,11,12,13);1H. The summed E-state index contributed by atoms with van der Waals surface area (Å²) >= 11 is 1.64. The fourth-order valence-corrected chi connectivity index (χ4v) is 1.91. The van der Waals surface area contributed by atoms with Crippen LogP contribution >= 0.6 is 24.2 Å². The first kappa shape index (κ1) is 12.1. The van der Waals surface area contributed by atoms with Gasteiger partial charge in [-0.05, 0) is 12.5 Å². The van der Waals surface area contributed by atoms with Crippen LogP contribution in [0.1, 0.15) is 11.4 Å². The first-order valence-corrected chi connectivity index (χ1v) is 5.39. The van der Waals surface area contributed by atoms with Gasteiger partial charge >= 0.3 is 0 Å². The number of aromatic nitrogens is 3. The Labute approximate surface area is 99.1 Å². The van der Waals surface area contributed by atoms with Crippen molar-refractivity contribution in [2.75, 3.05) is 0 Å². The molecule has 0 unspecified atom stereocenters. The van der Waals surface area contributed by atoms with Crippen molar-refractivity contribution in [3.63, 3.8) is 0 Å². The quantitative estimate of drug-likeness (QED) is 0.841. The number of thioether (sulfide) groups is 1. The molecule has 0 bridgehead atoms. The van der Waals surface area contributed by atoms with E-state index in [0.29, 0.717) is 0 Å². The Morgan fingerprint density at radius 2 is 2.00 bits per heavy atom. The largest absolute Gasteiger partial charge is 0.262 e. The van der Waals surface area contributed by atoms with Crippen molar-refractivity contribution in [1.82, 2.24) is 15.2 Å². The van der Waals surface area contributed by atoms with E-state index in [0.717, 1.165) is 16.7 Å². The molecule has 2 rings (SSSR count). The van der Waals surface area contributed by atoms with E-state index in [1.165, 1.54) is 5.56 Å². The van der Waals surface area contributed by atoms with Crippen LogP contribution in [-0.2, 0) is 5.75 Å². The number of aromatic amines is 1. The maximum absolute atomic E-state index is 4.22. The molecule has 0 saturated heterocycles. The molecule has 0 fully saturated rings. The minimum absolute atomic E-state index is 0. The van der Waals surface area contributed by atoms with E-state index < -0.39 is 0 Å². The number of benzene rings is 1. The molecule has 1 aromatic heterocycles. The molecule has 1 aromatic carbocycles. The third-order valence-electron chi connectivity index (χ3n) is 1.79. The minimum Gasteiger partial charge on any atom is -0.262 e. The van der Waals surface area contributed by atoms with Gasteiger partial charge in [0.15, 0.2) is 0 Å². The van der Waals surface area contributed by atoms with Gasteiger partial charge in [0.25, 0.3) is 0 Å². The van der Waals surface area contributed by atoms with Crippen molar-refractivity contribution in [2.45, 2.75) is 17.8 Å².